The zero-order chi connectivity index (χ0) is 17.4. The lowest BCUT2D eigenvalue weighted by Gasteiger charge is -2.27. The fourth-order valence-corrected chi connectivity index (χ4v) is 2.81. The molecule has 2 aromatic rings. The van der Waals surface area contributed by atoms with Gasteiger partial charge in [-0.05, 0) is 63.4 Å². The molecule has 128 valence electrons. The summed E-state index contributed by atoms with van der Waals surface area (Å²) in [5, 5.41) is 4.20. The molecule has 0 aromatic heterocycles. The largest absolute Gasteiger partial charge is 0.345 e. The highest BCUT2D eigenvalue weighted by Crippen LogP contribution is 2.15. The lowest BCUT2D eigenvalue weighted by atomic mass is 10.2. The van der Waals surface area contributed by atoms with Crippen molar-refractivity contribution in [3.63, 3.8) is 0 Å². The summed E-state index contributed by atoms with van der Waals surface area (Å²) in [7, 11) is 4.21. The second kappa shape index (κ2) is 9.40. The van der Waals surface area contributed by atoms with Crippen LogP contribution in [0.1, 0.15) is 17.5 Å². The van der Waals surface area contributed by atoms with Gasteiger partial charge in [-0.3, -0.25) is 0 Å². The van der Waals surface area contributed by atoms with Crippen molar-refractivity contribution < 1.29 is 0 Å². The van der Waals surface area contributed by atoms with Gasteiger partial charge in [-0.25, -0.2) is 0 Å². The van der Waals surface area contributed by atoms with Crippen LogP contribution in [-0.2, 0) is 6.54 Å². The summed E-state index contributed by atoms with van der Waals surface area (Å²) >= 11 is 5.70. The summed E-state index contributed by atoms with van der Waals surface area (Å²) in [6.45, 7) is 4.91. The van der Waals surface area contributed by atoms with Gasteiger partial charge in [-0.1, -0.05) is 48.5 Å². The molecule has 0 aliphatic carbocycles. The quantitative estimate of drug-likeness (QED) is 0.762. The van der Waals surface area contributed by atoms with Crippen LogP contribution in [0, 0.1) is 6.92 Å². The van der Waals surface area contributed by atoms with Crippen LogP contribution in [0.3, 0.4) is 0 Å². The van der Waals surface area contributed by atoms with Gasteiger partial charge in [0.05, 0.1) is 0 Å². The van der Waals surface area contributed by atoms with Crippen molar-refractivity contribution in [1.29, 1.82) is 0 Å². The van der Waals surface area contributed by atoms with E-state index in [1.807, 2.05) is 18.2 Å². The van der Waals surface area contributed by atoms with E-state index in [9.17, 15) is 0 Å². The molecule has 4 heteroatoms. The summed E-state index contributed by atoms with van der Waals surface area (Å²) in [6.07, 6.45) is 1.08. The van der Waals surface area contributed by atoms with E-state index in [2.05, 4.69) is 72.5 Å². The van der Waals surface area contributed by atoms with Crippen molar-refractivity contribution in [2.75, 3.05) is 32.5 Å². The molecule has 1 N–H and O–H groups in total. The lowest BCUT2D eigenvalue weighted by Crippen LogP contribution is -2.36. The second-order valence-corrected chi connectivity index (χ2v) is 6.70. The van der Waals surface area contributed by atoms with Gasteiger partial charge in [-0.2, -0.15) is 0 Å². The Labute approximate surface area is 151 Å². The topological polar surface area (TPSA) is 18.5 Å². The van der Waals surface area contributed by atoms with Gasteiger partial charge in [0.25, 0.3) is 0 Å². The van der Waals surface area contributed by atoms with Crippen LogP contribution >= 0.6 is 12.2 Å². The van der Waals surface area contributed by atoms with E-state index >= 15 is 0 Å². The summed E-state index contributed by atoms with van der Waals surface area (Å²) in [4.78, 5) is 4.46. The monoisotopic (exact) mass is 341 g/mol. The molecule has 0 radical (unpaired) electrons. The normalized spacial score (nSPS) is 10.7. The zero-order valence-electron chi connectivity index (χ0n) is 14.8. The number of hydrogen-bond donors (Lipinski definition) is 1. The van der Waals surface area contributed by atoms with Crippen molar-refractivity contribution >= 4 is 23.0 Å². The van der Waals surface area contributed by atoms with Crippen LogP contribution in [0.25, 0.3) is 0 Å². The third-order valence-electron chi connectivity index (χ3n) is 3.92. The Morgan fingerprint density at radius 3 is 2.29 bits per heavy atom. The van der Waals surface area contributed by atoms with Crippen LogP contribution in [0.15, 0.2) is 54.6 Å². The standard InChI is InChI=1S/C20H27N3S/c1-17-10-7-8-13-19(17)21-20(24)23(15-9-14-22(2)3)16-18-11-5-4-6-12-18/h4-8,10-13H,9,14-16H2,1-3H3,(H,21,24). The Balaban J connectivity index is 2.05. The smallest absolute Gasteiger partial charge is 0.173 e. The number of rotatable bonds is 7. The Kier molecular flexibility index (Phi) is 7.22. The number of nitrogens with zero attached hydrogens (tertiary/aromatic N) is 2. The number of para-hydroxylation sites is 1. The van der Waals surface area contributed by atoms with Gasteiger partial charge in [0.15, 0.2) is 5.11 Å². The molecule has 0 fully saturated rings. The number of nitrogens with one attached hydrogen (secondary N) is 1. The first-order chi connectivity index (χ1) is 11.6. The number of aryl methyl sites for hydroxylation is 1. The predicted octanol–water partition coefficient (Wildman–Crippen LogP) is 4.15. The fraction of sp³-hybridized carbons (Fsp3) is 0.350. The van der Waals surface area contributed by atoms with E-state index in [1.54, 1.807) is 0 Å². The molecule has 2 aromatic carbocycles. The van der Waals surface area contributed by atoms with Gasteiger partial charge in [0.2, 0.25) is 0 Å². The number of hydrogen-bond acceptors (Lipinski definition) is 2. The third kappa shape index (κ3) is 5.95. The minimum absolute atomic E-state index is 0.784. The van der Waals surface area contributed by atoms with Crippen LogP contribution < -0.4 is 5.32 Å². The molecule has 3 nitrogen and oxygen atoms in total. The first-order valence-corrected chi connectivity index (χ1v) is 8.77. The van der Waals surface area contributed by atoms with E-state index < -0.39 is 0 Å². The highest BCUT2D eigenvalue weighted by atomic mass is 32.1. The first-order valence-electron chi connectivity index (χ1n) is 8.36. The molecule has 0 saturated heterocycles. The summed E-state index contributed by atoms with van der Waals surface area (Å²) in [5.74, 6) is 0. The van der Waals surface area contributed by atoms with Gasteiger partial charge in [-0.15, -0.1) is 0 Å². The molecule has 0 amide bonds. The van der Waals surface area contributed by atoms with Crippen molar-refractivity contribution in [3.05, 3.63) is 65.7 Å². The Morgan fingerprint density at radius 1 is 0.958 bits per heavy atom. The molecular weight excluding hydrogens is 314 g/mol. The minimum atomic E-state index is 0.784. The minimum Gasteiger partial charge on any atom is -0.345 e. The maximum Gasteiger partial charge on any atom is 0.173 e. The molecule has 0 spiro atoms. The van der Waals surface area contributed by atoms with Crippen LogP contribution in [0.2, 0.25) is 0 Å². The SMILES string of the molecule is Cc1ccccc1NC(=S)N(CCCN(C)C)Cc1ccccc1. The van der Waals surface area contributed by atoms with Crippen molar-refractivity contribution in [2.24, 2.45) is 0 Å². The van der Waals surface area contributed by atoms with Crippen LogP contribution in [0.5, 0.6) is 0 Å². The van der Waals surface area contributed by atoms with E-state index in [0.717, 1.165) is 36.9 Å². The molecule has 0 bridgehead atoms. The Hall–Kier alpha value is -1.91. The fourth-order valence-electron chi connectivity index (χ4n) is 2.54. The summed E-state index contributed by atoms with van der Waals surface area (Å²) < 4.78 is 0. The summed E-state index contributed by atoms with van der Waals surface area (Å²) in [6, 6.07) is 18.7. The van der Waals surface area contributed by atoms with Gasteiger partial charge < -0.3 is 15.1 Å². The number of anilines is 1. The van der Waals surface area contributed by atoms with Crippen molar-refractivity contribution in [3.8, 4) is 0 Å². The van der Waals surface area contributed by atoms with Crippen LogP contribution in [0.4, 0.5) is 5.69 Å². The van der Waals surface area contributed by atoms with Gasteiger partial charge in [0.1, 0.15) is 0 Å². The van der Waals surface area contributed by atoms with Gasteiger partial charge in [0, 0.05) is 18.8 Å². The number of benzene rings is 2. The molecule has 0 unspecified atom stereocenters. The number of thiocarbonyl (C=S) groups is 1. The molecule has 0 heterocycles. The van der Waals surface area contributed by atoms with E-state index in [4.69, 9.17) is 12.2 Å². The molecule has 0 aliphatic heterocycles. The van der Waals surface area contributed by atoms with Gasteiger partial charge >= 0.3 is 0 Å². The van der Waals surface area contributed by atoms with Crippen molar-refractivity contribution in [2.45, 2.75) is 19.9 Å². The highest BCUT2D eigenvalue weighted by Gasteiger charge is 2.11. The molecular formula is C20H27N3S. The molecule has 24 heavy (non-hydrogen) atoms. The van der Waals surface area contributed by atoms with E-state index in [0.29, 0.717) is 0 Å². The van der Waals surface area contributed by atoms with Crippen molar-refractivity contribution in [1.82, 2.24) is 9.80 Å². The predicted molar refractivity (Wildman–Crippen MR) is 107 cm³/mol. The highest BCUT2D eigenvalue weighted by molar-refractivity contribution is 7.80. The maximum atomic E-state index is 5.70. The van der Waals surface area contributed by atoms with E-state index in [-0.39, 0.29) is 0 Å². The lowest BCUT2D eigenvalue weighted by molar-refractivity contribution is 0.346. The molecule has 0 saturated carbocycles. The Morgan fingerprint density at radius 2 is 1.62 bits per heavy atom. The molecule has 2 rings (SSSR count). The maximum absolute atomic E-state index is 5.70. The zero-order valence-corrected chi connectivity index (χ0v) is 15.6. The Bertz CT molecular complexity index is 640. The summed E-state index contributed by atoms with van der Waals surface area (Å²) in [5.41, 5.74) is 3.55. The average molecular weight is 342 g/mol. The second-order valence-electron chi connectivity index (χ2n) is 6.31. The molecule has 0 aliphatic rings. The average Bonchev–Trinajstić information content (AvgIpc) is 2.56. The van der Waals surface area contributed by atoms with Crippen LogP contribution in [-0.4, -0.2) is 42.1 Å². The first kappa shape index (κ1) is 18.4. The molecule has 0 atom stereocenters. The third-order valence-corrected chi connectivity index (χ3v) is 4.28. The van der Waals surface area contributed by atoms with E-state index in [1.165, 1.54) is 11.1 Å².